The van der Waals surface area contributed by atoms with E-state index in [0.29, 0.717) is 0 Å². The van der Waals surface area contributed by atoms with E-state index in [1.54, 1.807) is 0 Å². The van der Waals surface area contributed by atoms with Crippen molar-refractivity contribution in [1.29, 1.82) is 0 Å². The maximum Gasteiger partial charge on any atom is 0.303 e. The number of carbonyl (C=O) groups is 1. The minimum Gasteiger partial charge on any atom is -0.481 e. The van der Waals surface area contributed by atoms with Crippen molar-refractivity contribution in [1.82, 2.24) is 4.90 Å². The summed E-state index contributed by atoms with van der Waals surface area (Å²) < 4.78 is 0. The molecule has 0 aliphatic rings. The summed E-state index contributed by atoms with van der Waals surface area (Å²) in [6, 6.07) is 0. The van der Waals surface area contributed by atoms with Gasteiger partial charge in [-0.1, -0.05) is 6.08 Å². The number of hydrogen-bond donors (Lipinski definition) is 1. The molecule has 0 rings (SSSR count). The van der Waals surface area contributed by atoms with Gasteiger partial charge in [0.05, 0.1) is 0 Å². The molecule has 0 heterocycles. The topological polar surface area (TPSA) is 40.5 Å². The Morgan fingerprint density at radius 3 is 2.75 bits per heavy atom. The van der Waals surface area contributed by atoms with Gasteiger partial charge in [-0.25, -0.2) is 0 Å². The predicted molar refractivity (Wildman–Crippen MR) is 49.2 cm³/mol. The maximum atomic E-state index is 10.1. The summed E-state index contributed by atoms with van der Waals surface area (Å²) in [6.45, 7) is 5.43. The number of carboxylic acid groups (broad SMARTS) is 1. The number of hydrogen-bond acceptors (Lipinski definition) is 2. The Kier molecular flexibility index (Phi) is 6.38. The lowest BCUT2D eigenvalue weighted by Crippen LogP contribution is -2.19. The molecule has 0 aromatic rings. The van der Waals surface area contributed by atoms with Gasteiger partial charge in [0.1, 0.15) is 0 Å². The van der Waals surface area contributed by atoms with Crippen molar-refractivity contribution in [2.45, 2.75) is 19.3 Å². The molecule has 0 saturated heterocycles. The van der Waals surface area contributed by atoms with Crippen molar-refractivity contribution in [2.75, 3.05) is 20.1 Å². The first-order valence-corrected chi connectivity index (χ1v) is 4.18. The van der Waals surface area contributed by atoms with Crippen molar-refractivity contribution >= 4 is 5.97 Å². The average Bonchev–Trinajstić information content (AvgIpc) is 1.98. The van der Waals surface area contributed by atoms with E-state index >= 15 is 0 Å². The van der Waals surface area contributed by atoms with Crippen molar-refractivity contribution < 1.29 is 9.90 Å². The van der Waals surface area contributed by atoms with Crippen molar-refractivity contribution in [3.05, 3.63) is 12.7 Å². The summed E-state index contributed by atoms with van der Waals surface area (Å²) in [7, 11) is 2.00. The van der Waals surface area contributed by atoms with Crippen LogP contribution in [0.1, 0.15) is 19.3 Å². The lowest BCUT2D eigenvalue weighted by atomic mass is 10.2. The molecule has 3 nitrogen and oxygen atoms in total. The van der Waals surface area contributed by atoms with Crippen LogP contribution in [0.15, 0.2) is 12.7 Å². The molecule has 0 aliphatic carbocycles. The second-order valence-electron chi connectivity index (χ2n) is 2.90. The molecular weight excluding hydrogens is 154 g/mol. The summed E-state index contributed by atoms with van der Waals surface area (Å²) in [5.41, 5.74) is 0. The van der Waals surface area contributed by atoms with Crippen LogP contribution in [0.5, 0.6) is 0 Å². The highest BCUT2D eigenvalue weighted by molar-refractivity contribution is 5.66. The van der Waals surface area contributed by atoms with Crippen LogP contribution in [0, 0.1) is 0 Å². The smallest absolute Gasteiger partial charge is 0.303 e. The second-order valence-corrected chi connectivity index (χ2v) is 2.90. The zero-order valence-electron chi connectivity index (χ0n) is 7.62. The van der Waals surface area contributed by atoms with E-state index in [9.17, 15) is 4.79 Å². The molecule has 0 atom stereocenters. The van der Waals surface area contributed by atoms with Gasteiger partial charge in [0.25, 0.3) is 0 Å². The molecule has 1 N–H and O–H groups in total. The van der Waals surface area contributed by atoms with Crippen molar-refractivity contribution in [2.24, 2.45) is 0 Å². The number of aliphatic carboxylic acids is 1. The first-order valence-electron chi connectivity index (χ1n) is 4.18. The van der Waals surface area contributed by atoms with Gasteiger partial charge in [-0.05, 0) is 26.4 Å². The predicted octanol–water partition coefficient (Wildman–Crippen LogP) is 1.36. The third-order valence-corrected chi connectivity index (χ3v) is 1.62. The molecule has 0 amide bonds. The van der Waals surface area contributed by atoms with E-state index in [1.165, 1.54) is 0 Å². The molecule has 0 aromatic heterocycles. The zero-order chi connectivity index (χ0) is 9.40. The van der Waals surface area contributed by atoms with Gasteiger partial charge in [0.15, 0.2) is 0 Å². The van der Waals surface area contributed by atoms with Gasteiger partial charge in [0.2, 0.25) is 0 Å². The molecule has 0 radical (unpaired) electrons. The molecule has 0 aliphatic heterocycles. The van der Waals surface area contributed by atoms with E-state index in [4.69, 9.17) is 5.11 Å². The van der Waals surface area contributed by atoms with Gasteiger partial charge >= 0.3 is 5.97 Å². The molecule has 3 heteroatoms. The van der Waals surface area contributed by atoms with Gasteiger partial charge in [-0.15, -0.1) is 6.58 Å². The number of rotatable bonds is 7. The van der Waals surface area contributed by atoms with Crippen LogP contribution in [-0.2, 0) is 4.79 Å². The van der Waals surface area contributed by atoms with Crippen molar-refractivity contribution in [3.8, 4) is 0 Å². The van der Waals surface area contributed by atoms with Gasteiger partial charge < -0.3 is 10.0 Å². The van der Waals surface area contributed by atoms with Gasteiger partial charge in [-0.2, -0.15) is 0 Å². The van der Waals surface area contributed by atoms with Crippen LogP contribution >= 0.6 is 0 Å². The van der Waals surface area contributed by atoms with Gasteiger partial charge in [0, 0.05) is 13.0 Å². The molecule has 0 aromatic carbocycles. The zero-order valence-corrected chi connectivity index (χ0v) is 7.62. The van der Waals surface area contributed by atoms with Crippen LogP contribution in [0.2, 0.25) is 0 Å². The fraction of sp³-hybridized carbons (Fsp3) is 0.667. The van der Waals surface area contributed by atoms with E-state index < -0.39 is 5.97 Å². The Bertz CT molecular complexity index is 145. The molecule has 0 bridgehead atoms. The summed E-state index contributed by atoms with van der Waals surface area (Å²) >= 11 is 0. The van der Waals surface area contributed by atoms with Crippen LogP contribution in [0.3, 0.4) is 0 Å². The highest BCUT2D eigenvalue weighted by Gasteiger charge is 1.98. The third-order valence-electron chi connectivity index (χ3n) is 1.62. The fourth-order valence-corrected chi connectivity index (χ4v) is 0.970. The van der Waals surface area contributed by atoms with Crippen molar-refractivity contribution in [3.63, 3.8) is 0 Å². The maximum absolute atomic E-state index is 10.1. The van der Waals surface area contributed by atoms with Crippen LogP contribution in [0.4, 0.5) is 0 Å². The van der Waals surface area contributed by atoms with Crippen LogP contribution in [-0.4, -0.2) is 36.1 Å². The molecule has 0 unspecified atom stereocenters. The summed E-state index contributed by atoms with van der Waals surface area (Å²) in [6.07, 6.45) is 3.83. The Morgan fingerprint density at radius 2 is 2.25 bits per heavy atom. The molecular formula is C9H17NO2. The normalized spacial score (nSPS) is 10.2. The van der Waals surface area contributed by atoms with E-state index in [-0.39, 0.29) is 6.42 Å². The SMILES string of the molecule is C=CCN(C)CCCCC(=O)O. The molecule has 0 saturated carbocycles. The largest absolute Gasteiger partial charge is 0.481 e. The summed E-state index contributed by atoms with van der Waals surface area (Å²) in [5.74, 6) is -0.707. The Labute approximate surface area is 73.7 Å². The summed E-state index contributed by atoms with van der Waals surface area (Å²) in [4.78, 5) is 12.3. The molecule has 0 fully saturated rings. The van der Waals surface area contributed by atoms with Crippen LogP contribution < -0.4 is 0 Å². The Balaban J connectivity index is 3.18. The third kappa shape index (κ3) is 7.28. The van der Waals surface area contributed by atoms with E-state index in [1.807, 2.05) is 13.1 Å². The number of likely N-dealkylation sites (N-methyl/N-ethyl adjacent to an activating group) is 1. The molecule has 12 heavy (non-hydrogen) atoms. The highest BCUT2D eigenvalue weighted by atomic mass is 16.4. The second kappa shape index (κ2) is 6.85. The number of carboxylic acids is 1. The lowest BCUT2D eigenvalue weighted by Gasteiger charge is -2.12. The first kappa shape index (κ1) is 11.2. The van der Waals surface area contributed by atoms with Gasteiger partial charge in [-0.3, -0.25) is 4.79 Å². The standard InChI is InChI=1S/C9H17NO2/c1-3-7-10(2)8-5-4-6-9(11)12/h3H,1,4-8H2,2H3,(H,11,12). The molecule has 70 valence electrons. The van der Waals surface area contributed by atoms with E-state index in [2.05, 4.69) is 11.5 Å². The van der Waals surface area contributed by atoms with E-state index in [0.717, 1.165) is 25.9 Å². The lowest BCUT2D eigenvalue weighted by molar-refractivity contribution is -0.137. The highest BCUT2D eigenvalue weighted by Crippen LogP contribution is 1.96. The minimum absolute atomic E-state index is 0.280. The average molecular weight is 171 g/mol. The number of nitrogens with zero attached hydrogens (tertiary/aromatic N) is 1. The summed E-state index contributed by atoms with van der Waals surface area (Å²) in [5, 5.41) is 8.35. The monoisotopic (exact) mass is 171 g/mol. The number of unbranched alkanes of at least 4 members (excludes halogenated alkanes) is 1. The first-order chi connectivity index (χ1) is 5.66. The Morgan fingerprint density at radius 1 is 1.58 bits per heavy atom. The van der Waals surface area contributed by atoms with Crippen LogP contribution in [0.25, 0.3) is 0 Å². The Hall–Kier alpha value is -0.830. The minimum atomic E-state index is -0.707. The quantitative estimate of drug-likeness (QED) is 0.464. The molecule has 0 spiro atoms. The fourth-order valence-electron chi connectivity index (χ4n) is 0.970.